The first kappa shape index (κ1) is 10.7. The van der Waals surface area contributed by atoms with Gasteiger partial charge in [0.05, 0.1) is 0 Å². The molecule has 0 spiro atoms. The van der Waals surface area contributed by atoms with Crippen molar-refractivity contribution in [1.82, 2.24) is 10.6 Å². The van der Waals surface area contributed by atoms with Crippen LogP contribution >= 0.6 is 0 Å². The summed E-state index contributed by atoms with van der Waals surface area (Å²) in [5, 5.41) is 6.06. The highest BCUT2D eigenvalue weighted by Gasteiger charge is 2.15. The van der Waals surface area contributed by atoms with Crippen molar-refractivity contribution in [3.63, 3.8) is 0 Å². The molecular weight excluding hydrogens is 200 g/mol. The largest absolute Gasteiger partial charge is 0.341 e. The van der Waals surface area contributed by atoms with Gasteiger partial charge >= 0.3 is 0 Å². The number of hydrogen-bond donors (Lipinski definition) is 2. The Balaban J connectivity index is 1.89. The van der Waals surface area contributed by atoms with E-state index in [1.165, 1.54) is 0 Å². The summed E-state index contributed by atoms with van der Waals surface area (Å²) in [5.74, 6) is 5.24. The van der Waals surface area contributed by atoms with E-state index in [9.17, 15) is 4.79 Å². The molecule has 1 saturated heterocycles. The van der Waals surface area contributed by atoms with Crippen molar-refractivity contribution in [3.8, 4) is 11.8 Å². The lowest BCUT2D eigenvalue weighted by Gasteiger charge is -2.06. The van der Waals surface area contributed by atoms with Gasteiger partial charge in [0.2, 0.25) is 0 Å². The van der Waals surface area contributed by atoms with Crippen molar-refractivity contribution >= 4 is 5.91 Å². The van der Waals surface area contributed by atoms with E-state index in [4.69, 9.17) is 0 Å². The second-order valence-electron chi connectivity index (χ2n) is 3.78. The van der Waals surface area contributed by atoms with Crippen LogP contribution < -0.4 is 10.6 Å². The van der Waals surface area contributed by atoms with Crippen LogP contribution in [0, 0.1) is 11.8 Å². The average molecular weight is 214 g/mol. The number of rotatable bonds is 1. The Morgan fingerprint density at radius 1 is 1.38 bits per heavy atom. The van der Waals surface area contributed by atoms with Crippen molar-refractivity contribution in [2.45, 2.75) is 12.5 Å². The van der Waals surface area contributed by atoms with Crippen LogP contribution in [0.4, 0.5) is 0 Å². The molecular formula is C13H14N2O. The third-order valence-corrected chi connectivity index (χ3v) is 2.49. The van der Waals surface area contributed by atoms with Crippen LogP contribution in [0.5, 0.6) is 0 Å². The van der Waals surface area contributed by atoms with E-state index in [-0.39, 0.29) is 11.9 Å². The maximum Gasteiger partial charge on any atom is 0.296 e. The van der Waals surface area contributed by atoms with Gasteiger partial charge in [0, 0.05) is 24.1 Å². The van der Waals surface area contributed by atoms with Gasteiger partial charge in [-0.3, -0.25) is 4.79 Å². The molecule has 1 heterocycles. The number of amides is 1. The summed E-state index contributed by atoms with van der Waals surface area (Å²) < 4.78 is 0. The second kappa shape index (κ2) is 5.34. The highest BCUT2D eigenvalue weighted by molar-refractivity contribution is 5.94. The first-order valence-corrected chi connectivity index (χ1v) is 5.43. The highest BCUT2D eigenvalue weighted by Crippen LogP contribution is 1.97. The Morgan fingerprint density at radius 3 is 2.88 bits per heavy atom. The molecule has 0 saturated carbocycles. The third kappa shape index (κ3) is 3.11. The Morgan fingerprint density at radius 2 is 2.19 bits per heavy atom. The van der Waals surface area contributed by atoms with Crippen LogP contribution in [0.3, 0.4) is 0 Å². The number of nitrogens with one attached hydrogen (secondary N) is 2. The van der Waals surface area contributed by atoms with E-state index >= 15 is 0 Å². The van der Waals surface area contributed by atoms with E-state index in [1.807, 2.05) is 30.3 Å². The Labute approximate surface area is 95.2 Å². The quantitative estimate of drug-likeness (QED) is 0.669. The molecule has 1 amide bonds. The van der Waals surface area contributed by atoms with Gasteiger partial charge in [0.25, 0.3) is 5.91 Å². The molecule has 3 heteroatoms. The van der Waals surface area contributed by atoms with Crippen LogP contribution in [0.15, 0.2) is 30.3 Å². The monoisotopic (exact) mass is 214 g/mol. The lowest BCUT2D eigenvalue weighted by Crippen LogP contribution is -2.35. The van der Waals surface area contributed by atoms with Crippen LogP contribution in [0.25, 0.3) is 0 Å². The van der Waals surface area contributed by atoms with Gasteiger partial charge < -0.3 is 10.6 Å². The molecule has 2 rings (SSSR count). The summed E-state index contributed by atoms with van der Waals surface area (Å²) in [6.45, 7) is 1.82. The third-order valence-electron chi connectivity index (χ3n) is 2.49. The van der Waals surface area contributed by atoms with Crippen LogP contribution in [0.2, 0.25) is 0 Å². The van der Waals surface area contributed by atoms with Crippen LogP contribution in [-0.2, 0) is 4.79 Å². The van der Waals surface area contributed by atoms with Crippen molar-refractivity contribution < 1.29 is 4.79 Å². The zero-order valence-electron chi connectivity index (χ0n) is 8.99. The van der Waals surface area contributed by atoms with E-state index < -0.39 is 0 Å². The number of benzene rings is 1. The summed E-state index contributed by atoms with van der Waals surface area (Å²) in [6, 6.07) is 9.74. The zero-order chi connectivity index (χ0) is 11.2. The van der Waals surface area contributed by atoms with Crippen LogP contribution in [0.1, 0.15) is 12.0 Å². The number of carbonyl (C=O) groups excluding carboxylic acids is 1. The fourth-order valence-corrected chi connectivity index (χ4v) is 1.65. The molecule has 16 heavy (non-hydrogen) atoms. The molecule has 0 aliphatic carbocycles. The maximum absolute atomic E-state index is 11.5. The molecule has 1 aliphatic rings. The van der Waals surface area contributed by atoms with Crippen molar-refractivity contribution in [1.29, 1.82) is 0 Å². The summed E-state index contributed by atoms with van der Waals surface area (Å²) in [6.07, 6.45) is 0.985. The molecule has 1 aliphatic heterocycles. The summed E-state index contributed by atoms with van der Waals surface area (Å²) >= 11 is 0. The van der Waals surface area contributed by atoms with E-state index in [0.29, 0.717) is 0 Å². The fourth-order valence-electron chi connectivity index (χ4n) is 1.65. The first-order valence-electron chi connectivity index (χ1n) is 5.43. The normalized spacial score (nSPS) is 18.6. The number of carbonyl (C=O) groups is 1. The van der Waals surface area contributed by atoms with Gasteiger partial charge in [-0.25, -0.2) is 0 Å². The van der Waals surface area contributed by atoms with Crippen LogP contribution in [-0.4, -0.2) is 25.0 Å². The molecule has 0 bridgehead atoms. The molecule has 82 valence electrons. The zero-order valence-corrected chi connectivity index (χ0v) is 8.99. The summed E-state index contributed by atoms with van der Waals surface area (Å²) in [4.78, 5) is 11.5. The lowest BCUT2D eigenvalue weighted by atomic mass is 10.2. The molecule has 3 nitrogen and oxygen atoms in total. The first-order chi connectivity index (χ1) is 7.84. The minimum Gasteiger partial charge on any atom is -0.341 e. The second-order valence-corrected chi connectivity index (χ2v) is 3.78. The van der Waals surface area contributed by atoms with Gasteiger partial charge in [-0.2, -0.15) is 0 Å². The molecule has 1 aromatic carbocycles. The molecule has 0 aromatic heterocycles. The van der Waals surface area contributed by atoms with E-state index in [0.717, 1.165) is 25.1 Å². The minimum absolute atomic E-state index is 0.197. The molecule has 1 aromatic rings. The highest BCUT2D eigenvalue weighted by atomic mass is 16.1. The van der Waals surface area contributed by atoms with Gasteiger partial charge in [-0.05, 0) is 25.1 Å². The molecule has 0 radical (unpaired) electrons. The Kier molecular flexibility index (Phi) is 3.58. The number of hydrogen-bond acceptors (Lipinski definition) is 2. The van der Waals surface area contributed by atoms with E-state index in [1.54, 1.807) is 0 Å². The lowest BCUT2D eigenvalue weighted by molar-refractivity contribution is -0.116. The van der Waals surface area contributed by atoms with Gasteiger partial charge in [0.1, 0.15) is 0 Å². The van der Waals surface area contributed by atoms with Gasteiger partial charge in [0.15, 0.2) is 0 Å². The molecule has 1 fully saturated rings. The van der Waals surface area contributed by atoms with E-state index in [2.05, 4.69) is 22.5 Å². The van der Waals surface area contributed by atoms with Crippen molar-refractivity contribution in [3.05, 3.63) is 35.9 Å². The van der Waals surface area contributed by atoms with Crippen molar-refractivity contribution in [2.75, 3.05) is 13.1 Å². The molecule has 0 unspecified atom stereocenters. The maximum atomic E-state index is 11.5. The van der Waals surface area contributed by atoms with Gasteiger partial charge in [-0.15, -0.1) is 0 Å². The Hall–Kier alpha value is -1.79. The SMILES string of the molecule is O=C(C#Cc1ccccc1)N[C@@H]1CCNC1. The smallest absolute Gasteiger partial charge is 0.296 e. The standard InChI is InChI=1S/C13H14N2O/c16-13(15-12-8-9-14-10-12)7-6-11-4-2-1-3-5-11/h1-5,12,14H,8-10H2,(H,15,16)/t12-/m1/s1. The topological polar surface area (TPSA) is 41.1 Å². The molecule has 2 N–H and O–H groups in total. The minimum atomic E-state index is -0.197. The summed E-state index contributed by atoms with van der Waals surface area (Å²) in [5.41, 5.74) is 0.863. The van der Waals surface area contributed by atoms with Crippen molar-refractivity contribution in [2.24, 2.45) is 0 Å². The predicted molar refractivity (Wildman–Crippen MR) is 62.7 cm³/mol. The fraction of sp³-hybridized carbons (Fsp3) is 0.308. The summed E-state index contributed by atoms with van der Waals surface area (Å²) in [7, 11) is 0. The Bertz CT molecular complexity index is 411. The average Bonchev–Trinajstić information content (AvgIpc) is 2.81. The van der Waals surface area contributed by atoms with Gasteiger partial charge in [-0.1, -0.05) is 24.1 Å². The predicted octanol–water partition coefficient (Wildman–Crippen LogP) is 0.516. The molecule has 1 atom stereocenters.